The minimum Gasteiger partial charge on any atom is -0.352 e. The minimum atomic E-state index is -0.464. The van der Waals surface area contributed by atoms with Crippen LogP contribution in [0.1, 0.15) is 35.2 Å². The molecule has 1 aliphatic carbocycles. The number of hydrogen-bond acceptors (Lipinski definition) is 2. The van der Waals surface area contributed by atoms with Crippen LogP contribution in [0.5, 0.6) is 0 Å². The van der Waals surface area contributed by atoms with Gasteiger partial charge in [0.1, 0.15) is 5.82 Å². The van der Waals surface area contributed by atoms with Crippen molar-refractivity contribution in [3.05, 3.63) is 35.1 Å². The van der Waals surface area contributed by atoms with Gasteiger partial charge in [-0.1, -0.05) is 11.6 Å². The Labute approximate surface area is 107 Å². The van der Waals surface area contributed by atoms with Gasteiger partial charge in [-0.3, -0.25) is 4.79 Å². The van der Waals surface area contributed by atoms with Crippen molar-refractivity contribution in [3.63, 3.8) is 0 Å². The third kappa shape index (κ3) is 3.81. The summed E-state index contributed by atoms with van der Waals surface area (Å²) in [6, 6.07) is 5.26. The van der Waals surface area contributed by atoms with E-state index in [0.717, 1.165) is 18.5 Å². The Hall–Kier alpha value is -1.42. The first kappa shape index (κ1) is 13.0. The lowest BCUT2D eigenvalue weighted by Crippen LogP contribution is -2.28. The van der Waals surface area contributed by atoms with Crippen LogP contribution in [0.25, 0.3) is 0 Å². The maximum absolute atomic E-state index is 13.4. The van der Waals surface area contributed by atoms with E-state index in [1.54, 1.807) is 12.1 Å². The molecule has 2 N–H and O–H groups in total. The predicted octanol–water partition coefficient (Wildman–Crippen LogP) is 2.01. The van der Waals surface area contributed by atoms with Crippen LogP contribution in [0.3, 0.4) is 0 Å². The second kappa shape index (κ2) is 5.96. The molecule has 1 aliphatic rings. The highest BCUT2D eigenvalue weighted by Gasteiger charge is 2.19. The molecule has 0 unspecified atom stereocenters. The molecule has 1 aromatic rings. The maximum atomic E-state index is 13.4. The molecular formula is C14H19FN2O. The lowest BCUT2D eigenvalue weighted by atomic mass is 10.1. The number of carbonyl (C=O) groups excluding carboxylic acids is 1. The van der Waals surface area contributed by atoms with Gasteiger partial charge in [-0.25, -0.2) is 4.39 Å². The van der Waals surface area contributed by atoms with E-state index in [1.165, 1.54) is 18.9 Å². The quantitative estimate of drug-likeness (QED) is 0.758. The van der Waals surface area contributed by atoms with E-state index in [1.807, 2.05) is 6.92 Å². The van der Waals surface area contributed by atoms with E-state index < -0.39 is 5.82 Å². The zero-order valence-corrected chi connectivity index (χ0v) is 10.6. The molecule has 0 aliphatic heterocycles. The van der Waals surface area contributed by atoms with Gasteiger partial charge in [-0.2, -0.15) is 0 Å². The molecule has 0 heterocycles. The van der Waals surface area contributed by atoms with Crippen molar-refractivity contribution in [2.45, 2.75) is 32.2 Å². The first-order valence-electron chi connectivity index (χ1n) is 6.44. The number of nitrogens with one attached hydrogen (secondary N) is 2. The highest BCUT2D eigenvalue weighted by molar-refractivity contribution is 5.94. The molecule has 0 aromatic heterocycles. The van der Waals surface area contributed by atoms with E-state index in [2.05, 4.69) is 10.6 Å². The normalized spacial score (nSPS) is 14.6. The van der Waals surface area contributed by atoms with Gasteiger partial charge in [0.2, 0.25) is 0 Å². The van der Waals surface area contributed by atoms with E-state index in [4.69, 9.17) is 0 Å². The van der Waals surface area contributed by atoms with Crippen LogP contribution in [0.2, 0.25) is 0 Å². The molecule has 3 nitrogen and oxygen atoms in total. The van der Waals surface area contributed by atoms with Crippen LogP contribution in [0.4, 0.5) is 4.39 Å². The monoisotopic (exact) mass is 250 g/mol. The fourth-order valence-electron chi connectivity index (χ4n) is 1.79. The summed E-state index contributed by atoms with van der Waals surface area (Å²) in [5.41, 5.74) is 1.02. The molecule has 2 rings (SSSR count). The van der Waals surface area contributed by atoms with Crippen molar-refractivity contribution in [3.8, 4) is 0 Å². The molecule has 0 radical (unpaired) electrons. The fourth-order valence-corrected chi connectivity index (χ4v) is 1.79. The van der Waals surface area contributed by atoms with Crippen molar-refractivity contribution < 1.29 is 9.18 Å². The summed E-state index contributed by atoms with van der Waals surface area (Å²) < 4.78 is 13.4. The Morgan fingerprint density at radius 3 is 2.89 bits per heavy atom. The van der Waals surface area contributed by atoms with Gasteiger partial charge in [0, 0.05) is 12.6 Å². The number of rotatable bonds is 6. The van der Waals surface area contributed by atoms with E-state index in [9.17, 15) is 9.18 Å². The molecule has 98 valence electrons. The minimum absolute atomic E-state index is 0.130. The van der Waals surface area contributed by atoms with Gasteiger partial charge >= 0.3 is 0 Å². The van der Waals surface area contributed by atoms with E-state index >= 15 is 0 Å². The number of carbonyl (C=O) groups is 1. The number of halogens is 1. The summed E-state index contributed by atoms with van der Waals surface area (Å²) in [6.45, 7) is 3.32. The highest BCUT2D eigenvalue weighted by Crippen LogP contribution is 2.18. The van der Waals surface area contributed by atoms with Crippen LogP contribution >= 0.6 is 0 Å². The first-order chi connectivity index (χ1) is 8.66. The van der Waals surface area contributed by atoms with Crippen LogP contribution in [-0.2, 0) is 0 Å². The largest absolute Gasteiger partial charge is 0.352 e. The second-order valence-electron chi connectivity index (χ2n) is 4.82. The summed E-state index contributed by atoms with van der Waals surface area (Å²) in [6.07, 6.45) is 3.40. The zero-order chi connectivity index (χ0) is 13.0. The molecule has 1 saturated carbocycles. The van der Waals surface area contributed by atoms with Gasteiger partial charge in [0.15, 0.2) is 0 Å². The standard InChI is InChI=1S/C14H19FN2O/c1-10-3-6-13(15)12(9-10)14(18)17-8-2-7-16-11-4-5-11/h3,6,9,11,16H,2,4-5,7-8H2,1H3,(H,17,18). The van der Waals surface area contributed by atoms with Crippen molar-refractivity contribution in [2.75, 3.05) is 13.1 Å². The Morgan fingerprint density at radius 2 is 2.17 bits per heavy atom. The Balaban J connectivity index is 1.74. The van der Waals surface area contributed by atoms with Gasteiger partial charge < -0.3 is 10.6 Å². The van der Waals surface area contributed by atoms with Crippen LogP contribution in [-0.4, -0.2) is 25.0 Å². The second-order valence-corrected chi connectivity index (χ2v) is 4.82. The molecular weight excluding hydrogens is 231 g/mol. The SMILES string of the molecule is Cc1ccc(F)c(C(=O)NCCCNC2CC2)c1. The number of benzene rings is 1. The maximum Gasteiger partial charge on any atom is 0.254 e. The lowest BCUT2D eigenvalue weighted by molar-refractivity contribution is 0.0949. The number of hydrogen-bond donors (Lipinski definition) is 2. The molecule has 0 spiro atoms. The molecule has 0 bridgehead atoms. The fraction of sp³-hybridized carbons (Fsp3) is 0.500. The van der Waals surface area contributed by atoms with E-state index in [-0.39, 0.29) is 11.5 Å². The van der Waals surface area contributed by atoms with Crippen molar-refractivity contribution in [1.29, 1.82) is 0 Å². The van der Waals surface area contributed by atoms with Crippen LogP contribution < -0.4 is 10.6 Å². The third-order valence-electron chi connectivity index (χ3n) is 3.02. The smallest absolute Gasteiger partial charge is 0.254 e. The Bertz CT molecular complexity index is 430. The van der Waals surface area contributed by atoms with Crippen molar-refractivity contribution >= 4 is 5.91 Å². The van der Waals surface area contributed by atoms with Gasteiger partial charge in [-0.05, 0) is 44.9 Å². The summed E-state index contributed by atoms with van der Waals surface area (Å²) in [7, 11) is 0. The average Bonchev–Trinajstić information content (AvgIpc) is 3.15. The van der Waals surface area contributed by atoms with Crippen molar-refractivity contribution in [2.24, 2.45) is 0 Å². The zero-order valence-electron chi connectivity index (χ0n) is 10.6. The summed E-state index contributed by atoms with van der Waals surface area (Å²) in [4.78, 5) is 11.8. The topological polar surface area (TPSA) is 41.1 Å². The van der Waals surface area contributed by atoms with Gasteiger partial charge in [0.05, 0.1) is 5.56 Å². The van der Waals surface area contributed by atoms with E-state index in [0.29, 0.717) is 12.6 Å². The lowest BCUT2D eigenvalue weighted by Gasteiger charge is -2.07. The molecule has 1 fully saturated rings. The molecule has 4 heteroatoms. The summed E-state index contributed by atoms with van der Waals surface area (Å²) in [5, 5.41) is 6.11. The van der Waals surface area contributed by atoms with Gasteiger partial charge in [0.25, 0.3) is 5.91 Å². The molecule has 0 saturated heterocycles. The molecule has 0 atom stereocenters. The Kier molecular flexibility index (Phi) is 4.31. The first-order valence-corrected chi connectivity index (χ1v) is 6.44. The summed E-state index contributed by atoms with van der Waals surface area (Å²) >= 11 is 0. The van der Waals surface area contributed by atoms with Crippen LogP contribution in [0, 0.1) is 12.7 Å². The predicted molar refractivity (Wildman–Crippen MR) is 69.1 cm³/mol. The van der Waals surface area contributed by atoms with Crippen molar-refractivity contribution in [1.82, 2.24) is 10.6 Å². The molecule has 1 amide bonds. The van der Waals surface area contributed by atoms with Gasteiger partial charge in [-0.15, -0.1) is 0 Å². The molecule has 1 aromatic carbocycles. The van der Waals surface area contributed by atoms with Crippen LogP contribution in [0.15, 0.2) is 18.2 Å². The highest BCUT2D eigenvalue weighted by atomic mass is 19.1. The summed E-state index contributed by atoms with van der Waals surface area (Å²) in [5.74, 6) is -0.795. The Morgan fingerprint density at radius 1 is 1.39 bits per heavy atom. The number of aryl methyl sites for hydroxylation is 1. The average molecular weight is 250 g/mol. The number of amides is 1. The third-order valence-corrected chi connectivity index (χ3v) is 3.02. The molecule has 18 heavy (non-hydrogen) atoms.